The van der Waals surface area contributed by atoms with Crippen molar-refractivity contribution in [2.45, 2.75) is 72.0 Å². The van der Waals surface area contributed by atoms with Gasteiger partial charge in [-0.25, -0.2) is 0 Å². The Morgan fingerprint density at radius 2 is 1.72 bits per heavy atom. The van der Waals surface area contributed by atoms with Crippen LogP contribution in [0.4, 0.5) is 5.69 Å². The van der Waals surface area contributed by atoms with Gasteiger partial charge in [0.25, 0.3) is 0 Å². The van der Waals surface area contributed by atoms with Crippen LogP contribution in [0.3, 0.4) is 0 Å². The molecule has 0 aliphatic carbocycles. The number of phenolic OH excluding ortho intramolecular Hbond substituents is 1. The summed E-state index contributed by atoms with van der Waals surface area (Å²) in [7, 11) is 0.552. The van der Waals surface area contributed by atoms with Crippen molar-refractivity contribution in [1.82, 2.24) is 0 Å². The lowest BCUT2D eigenvalue weighted by Gasteiger charge is -2.33. The van der Waals surface area contributed by atoms with E-state index in [-0.39, 0.29) is 5.16 Å². The van der Waals surface area contributed by atoms with Gasteiger partial charge in [0, 0.05) is 23.0 Å². The SMILES string of the molecule is CCC(C)c1cc(C)cc(C(C)(CC)Pc2c(C)cccc2NCc2ccccc2)c1O. The van der Waals surface area contributed by atoms with E-state index in [0.717, 1.165) is 30.5 Å². The van der Waals surface area contributed by atoms with Crippen molar-refractivity contribution in [2.24, 2.45) is 0 Å². The van der Waals surface area contributed by atoms with Crippen LogP contribution < -0.4 is 10.6 Å². The second-order valence-electron chi connectivity index (χ2n) is 9.21. The molecule has 3 heteroatoms. The summed E-state index contributed by atoms with van der Waals surface area (Å²) in [5.74, 6) is 0.842. The summed E-state index contributed by atoms with van der Waals surface area (Å²) in [6, 6.07) is 21.4. The number of aryl methyl sites for hydroxylation is 2. The average Bonchev–Trinajstić information content (AvgIpc) is 2.80. The Labute approximate surface area is 196 Å². The standard InChI is InChI=1S/C29H38NOP/c1-7-21(4)24-17-20(3)18-25(27(24)31)29(6,8-2)32-28-22(5)13-12-16-26(28)30-19-23-14-10-9-11-15-23/h9-18,21,30-32H,7-8,19H2,1-6H3. The smallest absolute Gasteiger partial charge is 0.123 e. The van der Waals surface area contributed by atoms with E-state index in [1.807, 2.05) is 0 Å². The van der Waals surface area contributed by atoms with Crippen LogP contribution in [0.1, 0.15) is 74.3 Å². The van der Waals surface area contributed by atoms with E-state index in [2.05, 4.69) is 108 Å². The summed E-state index contributed by atoms with van der Waals surface area (Å²) in [6.07, 6.45) is 1.99. The normalized spacial score (nSPS) is 14.4. The highest BCUT2D eigenvalue weighted by molar-refractivity contribution is 7.49. The van der Waals surface area contributed by atoms with Crippen LogP contribution in [0.15, 0.2) is 60.7 Å². The van der Waals surface area contributed by atoms with Gasteiger partial charge in [-0.05, 0) is 60.7 Å². The van der Waals surface area contributed by atoms with Gasteiger partial charge in [0.2, 0.25) is 0 Å². The minimum Gasteiger partial charge on any atom is -0.507 e. The van der Waals surface area contributed by atoms with Gasteiger partial charge in [0.1, 0.15) is 5.75 Å². The minimum absolute atomic E-state index is 0.131. The number of aromatic hydroxyl groups is 1. The second-order valence-corrected chi connectivity index (χ2v) is 11.1. The Balaban J connectivity index is 1.99. The molecule has 3 aromatic rings. The number of benzene rings is 3. The highest BCUT2D eigenvalue weighted by Crippen LogP contribution is 2.50. The van der Waals surface area contributed by atoms with E-state index in [4.69, 9.17) is 0 Å². The van der Waals surface area contributed by atoms with Crippen molar-refractivity contribution < 1.29 is 5.11 Å². The fourth-order valence-electron chi connectivity index (χ4n) is 4.22. The van der Waals surface area contributed by atoms with Crippen molar-refractivity contribution in [3.8, 4) is 5.75 Å². The van der Waals surface area contributed by atoms with Crippen LogP contribution in [0.2, 0.25) is 0 Å². The third-order valence-corrected chi connectivity index (χ3v) is 8.82. The third-order valence-electron chi connectivity index (χ3n) is 6.73. The molecule has 3 unspecified atom stereocenters. The molecule has 0 saturated carbocycles. The van der Waals surface area contributed by atoms with Gasteiger partial charge in [-0.2, -0.15) is 0 Å². The van der Waals surface area contributed by atoms with Crippen LogP contribution in [-0.4, -0.2) is 5.11 Å². The molecule has 0 aliphatic rings. The first kappa shape index (κ1) is 24.3. The Bertz CT molecular complexity index is 1050. The van der Waals surface area contributed by atoms with Crippen LogP contribution in [-0.2, 0) is 11.7 Å². The Morgan fingerprint density at radius 1 is 1.00 bits per heavy atom. The second kappa shape index (κ2) is 10.5. The number of hydrogen-bond acceptors (Lipinski definition) is 2. The van der Waals surface area contributed by atoms with E-state index in [9.17, 15) is 5.11 Å². The summed E-state index contributed by atoms with van der Waals surface area (Å²) >= 11 is 0. The minimum atomic E-state index is -0.131. The topological polar surface area (TPSA) is 32.3 Å². The first-order valence-electron chi connectivity index (χ1n) is 11.8. The van der Waals surface area contributed by atoms with E-state index >= 15 is 0 Å². The molecule has 2 nitrogen and oxygen atoms in total. The van der Waals surface area contributed by atoms with Crippen LogP contribution in [0, 0.1) is 13.8 Å². The maximum absolute atomic E-state index is 11.3. The summed E-state index contributed by atoms with van der Waals surface area (Å²) in [4.78, 5) is 0. The molecule has 0 radical (unpaired) electrons. The van der Waals surface area contributed by atoms with Gasteiger partial charge < -0.3 is 10.4 Å². The molecule has 0 saturated heterocycles. The molecular weight excluding hydrogens is 409 g/mol. The van der Waals surface area contributed by atoms with E-state index in [0.29, 0.717) is 20.2 Å². The van der Waals surface area contributed by atoms with Gasteiger partial charge in [-0.15, -0.1) is 0 Å². The predicted octanol–water partition coefficient (Wildman–Crippen LogP) is 7.76. The van der Waals surface area contributed by atoms with E-state index in [1.165, 1.54) is 27.7 Å². The molecule has 170 valence electrons. The summed E-state index contributed by atoms with van der Waals surface area (Å²) in [5, 5.41) is 16.2. The Hall–Kier alpha value is -2.31. The number of nitrogens with one attached hydrogen (secondary N) is 1. The lowest BCUT2D eigenvalue weighted by atomic mass is 9.88. The van der Waals surface area contributed by atoms with Crippen molar-refractivity contribution in [3.63, 3.8) is 0 Å². The van der Waals surface area contributed by atoms with Crippen LogP contribution in [0.25, 0.3) is 0 Å². The number of phenols is 1. The molecule has 0 amide bonds. The molecule has 32 heavy (non-hydrogen) atoms. The predicted molar refractivity (Wildman–Crippen MR) is 142 cm³/mol. The summed E-state index contributed by atoms with van der Waals surface area (Å²) in [6.45, 7) is 14.1. The maximum atomic E-state index is 11.3. The van der Waals surface area contributed by atoms with Gasteiger partial charge in [0.15, 0.2) is 0 Å². The molecule has 0 heterocycles. The molecule has 3 aromatic carbocycles. The van der Waals surface area contributed by atoms with Crippen molar-refractivity contribution >= 4 is 19.6 Å². The molecule has 0 spiro atoms. The number of rotatable bonds is 9. The molecule has 3 rings (SSSR count). The molecule has 2 N–H and O–H groups in total. The summed E-state index contributed by atoms with van der Waals surface area (Å²) < 4.78 is 0. The Morgan fingerprint density at radius 3 is 2.38 bits per heavy atom. The molecule has 0 bridgehead atoms. The lowest BCUT2D eigenvalue weighted by Crippen LogP contribution is -2.22. The molecular formula is C29H38NOP. The highest BCUT2D eigenvalue weighted by Gasteiger charge is 2.31. The largest absolute Gasteiger partial charge is 0.507 e. The molecule has 0 fully saturated rings. The van der Waals surface area contributed by atoms with Crippen molar-refractivity contribution in [1.29, 1.82) is 0 Å². The lowest BCUT2D eigenvalue weighted by molar-refractivity contribution is 0.444. The van der Waals surface area contributed by atoms with Gasteiger partial charge in [0.05, 0.1) is 0 Å². The quantitative estimate of drug-likeness (QED) is 0.328. The van der Waals surface area contributed by atoms with E-state index in [1.54, 1.807) is 0 Å². The number of hydrogen-bond donors (Lipinski definition) is 2. The average molecular weight is 448 g/mol. The maximum Gasteiger partial charge on any atom is 0.123 e. The van der Waals surface area contributed by atoms with Gasteiger partial charge in [-0.3, -0.25) is 0 Å². The fourth-order valence-corrected chi connectivity index (χ4v) is 5.86. The monoisotopic (exact) mass is 447 g/mol. The fraction of sp³-hybridized carbons (Fsp3) is 0.379. The number of anilines is 1. The summed E-state index contributed by atoms with van der Waals surface area (Å²) in [5.41, 5.74) is 7.17. The third kappa shape index (κ3) is 5.36. The Kier molecular flexibility index (Phi) is 8.01. The zero-order valence-corrected chi connectivity index (χ0v) is 21.4. The zero-order valence-electron chi connectivity index (χ0n) is 20.4. The van der Waals surface area contributed by atoms with Gasteiger partial charge in [-0.1, -0.05) is 96.4 Å². The van der Waals surface area contributed by atoms with Gasteiger partial charge >= 0.3 is 0 Å². The first-order valence-corrected chi connectivity index (χ1v) is 12.8. The molecule has 0 aromatic heterocycles. The first-order chi connectivity index (χ1) is 15.3. The van der Waals surface area contributed by atoms with Crippen molar-refractivity contribution in [2.75, 3.05) is 5.32 Å². The van der Waals surface area contributed by atoms with Crippen LogP contribution in [0.5, 0.6) is 5.75 Å². The van der Waals surface area contributed by atoms with Crippen molar-refractivity contribution in [3.05, 3.63) is 88.5 Å². The van der Waals surface area contributed by atoms with Crippen LogP contribution >= 0.6 is 8.58 Å². The molecule has 3 atom stereocenters. The molecule has 0 aliphatic heterocycles. The van der Waals surface area contributed by atoms with E-state index < -0.39 is 0 Å². The highest BCUT2D eigenvalue weighted by atomic mass is 31.1. The zero-order chi connectivity index (χ0) is 23.3.